The summed E-state index contributed by atoms with van der Waals surface area (Å²) in [6, 6.07) is 7.97. The van der Waals surface area contributed by atoms with Gasteiger partial charge in [0.15, 0.2) is 5.82 Å². The third-order valence-electron chi connectivity index (χ3n) is 2.50. The van der Waals surface area contributed by atoms with Crippen molar-refractivity contribution in [3.63, 3.8) is 0 Å². The molecule has 0 spiro atoms. The van der Waals surface area contributed by atoms with E-state index in [0.29, 0.717) is 24.8 Å². The van der Waals surface area contributed by atoms with Crippen LogP contribution in [0.25, 0.3) is 0 Å². The first-order valence-electron chi connectivity index (χ1n) is 5.90. The molecule has 0 unspecified atom stereocenters. The highest BCUT2D eigenvalue weighted by Gasteiger charge is 2.03. The van der Waals surface area contributed by atoms with Crippen LogP contribution in [0.15, 0.2) is 24.3 Å². The Morgan fingerprint density at radius 1 is 1.39 bits per heavy atom. The second-order valence-corrected chi connectivity index (χ2v) is 4.18. The van der Waals surface area contributed by atoms with Crippen LogP contribution in [0.3, 0.4) is 0 Å². The van der Waals surface area contributed by atoms with Crippen molar-refractivity contribution in [1.29, 1.82) is 0 Å². The van der Waals surface area contributed by atoms with Crippen LogP contribution in [0.5, 0.6) is 5.75 Å². The van der Waals surface area contributed by atoms with Gasteiger partial charge in [-0.25, -0.2) is 4.98 Å². The number of benzene rings is 1. The lowest BCUT2D eigenvalue weighted by molar-refractivity contribution is 0.332. The van der Waals surface area contributed by atoms with Gasteiger partial charge in [0.05, 0.1) is 6.54 Å². The molecular weight excluding hydrogens is 228 g/mol. The standard InChI is InChI=1S/C13H18N4O/c1-9-4-3-5-11(8-9)18-7-6-15-13-12(14)16-10(2)17-13/h3-5,8,15H,6-7,14H2,1-2H3,(H,16,17). The molecular formula is C13H18N4O. The van der Waals surface area contributed by atoms with E-state index >= 15 is 0 Å². The molecule has 2 aromatic rings. The van der Waals surface area contributed by atoms with Crippen molar-refractivity contribution in [3.05, 3.63) is 35.7 Å². The number of imidazole rings is 1. The fraction of sp³-hybridized carbons (Fsp3) is 0.308. The molecule has 18 heavy (non-hydrogen) atoms. The number of aromatic amines is 1. The average molecular weight is 246 g/mol. The van der Waals surface area contributed by atoms with Gasteiger partial charge in [-0.15, -0.1) is 0 Å². The molecule has 5 nitrogen and oxygen atoms in total. The Hall–Kier alpha value is -2.17. The normalized spacial score (nSPS) is 10.3. The number of nitrogens with one attached hydrogen (secondary N) is 2. The first kappa shape index (κ1) is 12.3. The number of nitrogens with zero attached hydrogens (tertiary/aromatic N) is 1. The van der Waals surface area contributed by atoms with Gasteiger partial charge < -0.3 is 20.8 Å². The molecule has 1 aromatic carbocycles. The van der Waals surface area contributed by atoms with Crippen molar-refractivity contribution in [2.45, 2.75) is 13.8 Å². The van der Waals surface area contributed by atoms with E-state index in [-0.39, 0.29) is 0 Å². The van der Waals surface area contributed by atoms with Crippen molar-refractivity contribution in [1.82, 2.24) is 9.97 Å². The number of aryl methyl sites for hydroxylation is 2. The molecule has 0 radical (unpaired) electrons. The van der Waals surface area contributed by atoms with Crippen LogP contribution in [0.4, 0.5) is 11.6 Å². The van der Waals surface area contributed by atoms with E-state index in [9.17, 15) is 0 Å². The largest absolute Gasteiger partial charge is 0.492 e. The van der Waals surface area contributed by atoms with E-state index in [2.05, 4.69) is 15.3 Å². The highest BCUT2D eigenvalue weighted by molar-refractivity contribution is 5.56. The summed E-state index contributed by atoms with van der Waals surface area (Å²) in [6.45, 7) is 5.13. The maximum atomic E-state index is 5.73. The Kier molecular flexibility index (Phi) is 3.72. The summed E-state index contributed by atoms with van der Waals surface area (Å²) in [5.74, 6) is 2.92. The minimum atomic E-state index is 0.558. The van der Waals surface area contributed by atoms with E-state index in [1.807, 2.05) is 38.1 Å². The minimum absolute atomic E-state index is 0.558. The maximum absolute atomic E-state index is 5.73. The van der Waals surface area contributed by atoms with E-state index in [1.54, 1.807) is 0 Å². The summed E-state index contributed by atoms with van der Waals surface area (Å²) in [5.41, 5.74) is 6.92. The van der Waals surface area contributed by atoms with Gasteiger partial charge in [-0.3, -0.25) is 0 Å². The lowest BCUT2D eigenvalue weighted by Gasteiger charge is -2.07. The number of hydrogen-bond acceptors (Lipinski definition) is 4. The maximum Gasteiger partial charge on any atom is 0.168 e. The Labute approximate surface area is 106 Å². The fourth-order valence-electron chi connectivity index (χ4n) is 1.69. The second-order valence-electron chi connectivity index (χ2n) is 4.18. The molecule has 1 aromatic heterocycles. The average Bonchev–Trinajstić information content (AvgIpc) is 2.64. The number of H-pyrrole nitrogens is 1. The van der Waals surface area contributed by atoms with Gasteiger partial charge in [0.1, 0.15) is 24.0 Å². The third kappa shape index (κ3) is 3.16. The minimum Gasteiger partial charge on any atom is -0.492 e. The number of rotatable bonds is 5. The summed E-state index contributed by atoms with van der Waals surface area (Å²) in [7, 11) is 0. The van der Waals surface area contributed by atoms with Crippen LogP contribution in [0.2, 0.25) is 0 Å². The van der Waals surface area contributed by atoms with Crippen LogP contribution in [0, 0.1) is 13.8 Å². The van der Waals surface area contributed by atoms with Crippen LogP contribution in [-0.4, -0.2) is 23.1 Å². The zero-order valence-corrected chi connectivity index (χ0v) is 10.7. The van der Waals surface area contributed by atoms with Gasteiger partial charge in [-0.2, -0.15) is 0 Å². The van der Waals surface area contributed by atoms with E-state index < -0.39 is 0 Å². The Morgan fingerprint density at radius 3 is 2.89 bits per heavy atom. The van der Waals surface area contributed by atoms with Crippen molar-refractivity contribution in [2.24, 2.45) is 0 Å². The topological polar surface area (TPSA) is 76.0 Å². The van der Waals surface area contributed by atoms with Gasteiger partial charge in [0.25, 0.3) is 0 Å². The zero-order chi connectivity index (χ0) is 13.0. The van der Waals surface area contributed by atoms with Crippen molar-refractivity contribution < 1.29 is 4.74 Å². The summed E-state index contributed by atoms with van der Waals surface area (Å²) < 4.78 is 5.61. The molecule has 0 atom stereocenters. The molecule has 0 aliphatic rings. The zero-order valence-electron chi connectivity index (χ0n) is 10.7. The van der Waals surface area contributed by atoms with Gasteiger partial charge in [0.2, 0.25) is 0 Å². The van der Waals surface area contributed by atoms with E-state index in [0.717, 1.165) is 11.6 Å². The molecule has 0 saturated heterocycles. The molecule has 0 aliphatic heterocycles. The molecule has 0 amide bonds. The van der Waals surface area contributed by atoms with Gasteiger partial charge in [0, 0.05) is 0 Å². The summed E-state index contributed by atoms with van der Waals surface area (Å²) >= 11 is 0. The SMILES string of the molecule is Cc1cccc(OCCNc2nc(C)[nH]c2N)c1. The molecule has 0 fully saturated rings. The Balaban J connectivity index is 1.78. The predicted octanol–water partition coefficient (Wildman–Crippen LogP) is 2.10. The summed E-state index contributed by atoms with van der Waals surface area (Å²) in [4.78, 5) is 7.16. The molecule has 96 valence electrons. The number of anilines is 2. The van der Waals surface area contributed by atoms with Crippen LogP contribution < -0.4 is 15.8 Å². The van der Waals surface area contributed by atoms with Gasteiger partial charge in [-0.1, -0.05) is 12.1 Å². The van der Waals surface area contributed by atoms with Crippen LogP contribution >= 0.6 is 0 Å². The number of nitrogens with two attached hydrogens (primary N) is 1. The smallest absolute Gasteiger partial charge is 0.168 e. The number of hydrogen-bond donors (Lipinski definition) is 3. The summed E-state index contributed by atoms with van der Waals surface area (Å²) in [5, 5.41) is 3.13. The van der Waals surface area contributed by atoms with E-state index in [4.69, 9.17) is 10.5 Å². The fourth-order valence-corrected chi connectivity index (χ4v) is 1.69. The number of aromatic nitrogens is 2. The quantitative estimate of drug-likeness (QED) is 0.706. The molecule has 2 rings (SSSR count). The molecule has 4 N–H and O–H groups in total. The summed E-state index contributed by atoms with van der Waals surface area (Å²) in [6.07, 6.45) is 0. The predicted molar refractivity (Wildman–Crippen MR) is 72.9 cm³/mol. The third-order valence-corrected chi connectivity index (χ3v) is 2.50. The van der Waals surface area contributed by atoms with E-state index in [1.165, 1.54) is 5.56 Å². The molecule has 0 saturated carbocycles. The second kappa shape index (κ2) is 5.44. The van der Waals surface area contributed by atoms with Crippen molar-refractivity contribution >= 4 is 11.6 Å². The Morgan fingerprint density at radius 2 is 2.22 bits per heavy atom. The highest BCUT2D eigenvalue weighted by atomic mass is 16.5. The number of nitrogen functional groups attached to an aromatic ring is 1. The lowest BCUT2D eigenvalue weighted by atomic mass is 10.2. The van der Waals surface area contributed by atoms with Crippen LogP contribution in [0.1, 0.15) is 11.4 Å². The van der Waals surface area contributed by atoms with Crippen LogP contribution in [-0.2, 0) is 0 Å². The first-order valence-corrected chi connectivity index (χ1v) is 5.90. The van der Waals surface area contributed by atoms with Crippen molar-refractivity contribution in [3.8, 4) is 5.75 Å². The van der Waals surface area contributed by atoms with Gasteiger partial charge in [-0.05, 0) is 31.5 Å². The lowest BCUT2D eigenvalue weighted by Crippen LogP contribution is -2.12. The monoisotopic (exact) mass is 246 g/mol. The molecule has 5 heteroatoms. The van der Waals surface area contributed by atoms with Crippen molar-refractivity contribution in [2.75, 3.05) is 24.2 Å². The molecule has 0 aliphatic carbocycles. The molecule has 1 heterocycles. The number of ether oxygens (including phenoxy) is 1. The van der Waals surface area contributed by atoms with Gasteiger partial charge >= 0.3 is 0 Å². The molecule has 0 bridgehead atoms. The highest BCUT2D eigenvalue weighted by Crippen LogP contribution is 2.14. The first-order chi connectivity index (χ1) is 8.65. The Bertz CT molecular complexity index is 521.